The van der Waals surface area contributed by atoms with Crippen LogP contribution in [0, 0.1) is 11.7 Å². The third-order valence-corrected chi connectivity index (χ3v) is 5.23. The number of aromatic nitrogens is 2. The zero-order chi connectivity index (χ0) is 17.8. The van der Waals surface area contributed by atoms with Crippen molar-refractivity contribution in [2.45, 2.75) is 32.9 Å². The van der Waals surface area contributed by atoms with Gasteiger partial charge in [0.05, 0.1) is 18.7 Å². The summed E-state index contributed by atoms with van der Waals surface area (Å²) in [7, 11) is 2.12. The Balaban J connectivity index is 1.62. The zero-order valence-corrected chi connectivity index (χ0v) is 15.3. The normalized spacial score (nSPS) is 17.0. The van der Waals surface area contributed by atoms with Gasteiger partial charge in [-0.1, -0.05) is 6.07 Å². The third-order valence-electron chi connectivity index (χ3n) is 5.23. The number of aliphatic hydroxyl groups excluding tert-OH is 1. The molecule has 0 saturated carbocycles. The van der Waals surface area contributed by atoms with Crippen molar-refractivity contribution in [2.24, 2.45) is 5.92 Å². The number of hydrogen-bond donors (Lipinski definition) is 1. The molecule has 0 atom stereocenters. The van der Waals surface area contributed by atoms with E-state index < -0.39 is 0 Å². The first kappa shape index (κ1) is 18.3. The molecule has 0 aliphatic carbocycles. The number of aryl methyl sites for hydroxylation is 1. The third kappa shape index (κ3) is 4.19. The summed E-state index contributed by atoms with van der Waals surface area (Å²) in [6.45, 7) is 7.80. The van der Waals surface area contributed by atoms with E-state index in [4.69, 9.17) is 5.11 Å². The van der Waals surface area contributed by atoms with Crippen LogP contribution in [0.15, 0.2) is 18.2 Å². The molecule has 0 amide bonds. The summed E-state index contributed by atoms with van der Waals surface area (Å²) >= 11 is 0. The molecular formula is C19H29FN4O. The SMILES string of the molecule is CCn1c(CN(C)CC2CCN(CCO)CC2)nc2c(F)cccc21. The average molecular weight is 348 g/mol. The van der Waals surface area contributed by atoms with Gasteiger partial charge >= 0.3 is 0 Å². The molecule has 1 aromatic heterocycles. The van der Waals surface area contributed by atoms with Gasteiger partial charge in [0.25, 0.3) is 0 Å². The van der Waals surface area contributed by atoms with Crippen LogP contribution in [0.3, 0.4) is 0 Å². The van der Waals surface area contributed by atoms with Gasteiger partial charge in [0.15, 0.2) is 5.82 Å². The van der Waals surface area contributed by atoms with Gasteiger partial charge in [-0.25, -0.2) is 9.37 Å². The van der Waals surface area contributed by atoms with Gasteiger partial charge < -0.3 is 14.6 Å². The van der Waals surface area contributed by atoms with Crippen molar-refractivity contribution in [3.63, 3.8) is 0 Å². The molecule has 0 spiro atoms. The molecule has 1 fully saturated rings. The van der Waals surface area contributed by atoms with Crippen LogP contribution in [0.1, 0.15) is 25.6 Å². The predicted octanol–water partition coefficient (Wildman–Crippen LogP) is 2.33. The van der Waals surface area contributed by atoms with Crippen molar-refractivity contribution in [2.75, 3.05) is 39.8 Å². The standard InChI is InChI=1S/C19H29FN4O/c1-3-24-17-6-4-5-16(20)19(17)21-18(24)14-22(2)13-15-7-9-23(10-8-15)11-12-25/h4-6,15,25H,3,7-14H2,1-2H3. The minimum absolute atomic E-state index is 0.244. The molecule has 2 aromatic rings. The van der Waals surface area contributed by atoms with Crippen LogP contribution in [0.4, 0.5) is 4.39 Å². The van der Waals surface area contributed by atoms with Crippen molar-refractivity contribution in [1.29, 1.82) is 0 Å². The molecule has 0 unspecified atom stereocenters. The Bertz CT molecular complexity index is 694. The number of likely N-dealkylation sites (tertiary alicyclic amines) is 1. The number of imidazole rings is 1. The van der Waals surface area contributed by atoms with E-state index in [1.165, 1.54) is 18.9 Å². The van der Waals surface area contributed by atoms with Crippen LogP contribution < -0.4 is 0 Å². The van der Waals surface area contributed by atoms with Gasteiger partial charge in [-0.2, -0.15) is 0 Å². The van der Waals surface area contributed by atoms with Crippen molar-refractivity contribution in [3.8, 4) is 0 Å². The molecule has 138 valence electrons. The highest BCUT2D eigenvalue weighted by Gasteiger charge is 2.21. The fourth-order valence-corrected chi connectivity index (χ4v) is 3.92. The molecule has 0 radical (unpaired) electrons. The summed E-state index contributed by atoms with van der Waals surface area (Å²) in [5, 5.41) is 9.04. The summed E-state index contributed by atoms with van der Waals surface area (Å²) in [6, 6.07) is 5.16. The minimum Gasteiger partial charge on any atom is -0.395 e. The van der Waals surface area contributed by atoms with Crippen LogP contribution in [0.2, 0.25) is 0 Å². The second kappa shape index (κ2) is 8.25. The highest BCUT2D eigenvalue weighted by Crippen LogP contribution is 2.22. The lowest BCUT2D eigenvalue weighted by Crippen LogP contribution is -2.39. The summed E-state index contributed by atoms with van der Waals surface area (Å²) in [5.41, 5.74) is 1.35. The van der Waals surface area contributed by atoms with E-state index in [0.717, 1.165) is 50.6 Å². The number of hydrogen-bond acceptors (Lipinski definition) is 4. The van der Waals surface area contributed by atoms with E-state index in [-0.39, 0.29) is 12.4 Å². The maximum atomic E-state index is 14.0. The average Bonchev–Trinajstić information content (AvgIpc) is 2.95. The van der Waals surface area contributed by atoms with Gasteiger partial charge in [-0.3, -0.25) is 4.90 Å². The van der Waals surface area contributed by atoms with Gasteiger partial charge in [0.2, 0.25) is 0 Å². The number of piperidine rings is 1. The molecule has 1 saturated heterocycles. The maximum absolute atomic E-state index is 14.0. The number of fused-ring (bicyclic) bond motifs is 1. The van der Waals surface area contributed by atoms with Crippen molar-refractivity contribution < 1.29 is 9.50 Å². The Labute approximate surface area is 149 Å². The van der Waals surface area contributed by atoms with Gasteiger partial charge in [-0.05, 0) is 58.0 Å². The molecule has 2 heterocycles. The Morgan fingerprint density at radius 1 is 1.32 bits per heavy atom. The van der Waals surface area contributed by atoms with E-state index in [1.807, 2.05) is 6.07 Å². The minimum atomic E-state index is -0.246. The molecule has 1 N–H and O–H groups in total. The lowest BCUT2D eigenvalue weighted by atomic mass is 9.96. The van der Waals surface area contributed by atoms with Crippen molar-refractivity contribution in [3.05, 3.63) is 29.8 Å². The number of halogens is 1. The van der Waals surface area contributed by atoms with Crippen LogP contribution in [-0.4, -0.2) is 64.3 Å². The summed E-state index contributed by atoms with van der Waals surface area (Å²) < 4.78 is 16.1. The smallest absolute Gasteiger partial charge is 0.151 e. The molecular weight excluding hydrogens is 319 g/mol. The van der Waals surface area contributed by atoms with E-state index in [0.29, 0.717) is 11.4 Å². The Hall–Kier alpha value is -1.50. The maximum Gasteiger partial charge on any atom is 0.151 e. The number of rotatable bonds is 7. The monoisotopic (exact) mass is 348 g/mol. The lowest BCUT2D eigenvalue weighted by Gasteiger charge is -2.33. The fourth-order valence-electron chi connectivity index (χ4n) is 3.92. The second-order valence-corrected chi connectivity index (χ2v) is 7.09. The lowest BCUT2D eigenvalue weighted by molar-refractivity contribution is 0.128. The van der Waals surface area contributed by atoms with E-state index in [2.05, 4.69) is 33.3 Å². The first-order chi connectivity index (χ1) is 12.1. The fraction of sp³-hybridized carbons (Fsp3) is 0.632. The number of para-hydroxylation sites is 1. The van der Waals surface area contributed by atoms with Gasteiger partial charge in [0.1, 0.15) is 11.3 Å². The molecule has 6 heteroatoms. The first-order valence-electron chi connectivity index (χ1n) is 9.27. The molecule has 1 aliphatic heterocycles. The molecule has 1 aromatic carbocycles. The molecule has 1 aliphatic rings. The topological polar surface area (TPSA) is 44.5 Å². The quantitative estimate of drug-likeness (QED) is 0.834. The number of nitrogens with zero attached hydrogens (tertiary/aromatic N) is 4. The van der Waals surface area contributed by atoms with Crippen molar-refractivity contribution in [1.82, 2.24) is 19.4 Å². The van der Waals surface area contributed by atoms with Crippen LogP contribution >= 0.6 is 0 Å². The predicted molar refractivity (Wildman–Crippen MR) is 97.9 cm³/mol. The number of aliphatic hydroxyl groups is 1. The largest absolute Gasteiger partial charge is 0.395 e. The van der Waals surface area contributed by atoms with Gasteiger partial charge in [0, 0.05) is 19.6 Å². The summed E-state index contributed by atoms with van der Waals surface area (Å²) in [5.74, 6) is 1.36. The van der Waals surface area contributed by atoms with Crippen LogP contribution in [0.5, 0.6) is 0 Å². The zero-order valence-electron chi connectivity index (χ0n) is 15.3. The molecule has 3 rings (SSSR count). The highest BCUT2D eigenvalue weighted by molar-refractivity contribution is 5.76. The molecule has 0 bridgehead atoms. The van der Waals surface area contributed by atoms with E-state index >= 15 is 0 Å². The first-order valence-corrected chi connectivity index (χ1v) is 9.27. The number of benzene rings is 1. The molecule has 25 heavy (non-hydrogen) atoms. The Kier molecular flexibility index (Phi) is 6.04. The summed E-state index contributed by atoms with van der Waals surface area (Å²) in [4.78, 5) is 9.20. The van der Waals surface area contributed by atoms with E-state index in [9.17, 15) is 4.39 Å². The second-order valence-electron chi connectivity index (χ2n) is 7.09. The number of β-amino-alcohol motifs (C(OH)–C–C–N with tert-alkyl or cyclic N) is 1. The van der Waals surface area contributed by atoms with E-state index in [1.54, 1.807) is 6.07 Å². The van der Waals surface area contributed by atoms with Crippen molar-refractivity contribution >= 4 is 11.0 Å². The Morgan fingerprint density at radius 3 is 2.76 bits per heavy atom. The van der Waals surface area contributed by atoms with Crippen LogP contribution in [0.25, 0.3) is 11.0 Å². The highest BCUT2D eigenvalue weighted by atomic mass is 19.1. The molecule has 5 nitrogen and oxygen atoms in total. The van der Waals surface area contributed by atoms with Crippen LogP contribution in [-0.2, 0) is 13.1 Å². The Morgan fingerprint density at radius 2 is 2.08 bits per heavy atom. The summed E-state index contributed by atoms with van der Waals surface area (Å²) in [6.07, 6.45) is 2.34. The van der Waals surface area contributed by atoms with Gasteiger partial charge in [-0.15, -0.1) is 0 Å².